The van der Waals surface area contributed by atoms with Crippen LogP contribution in [0.25, 0.3) is 0 Å². The highest BCUT2D eigenvalue weighted by molar-refractivity contribution is 6.34. The second-order valence-electron chi connectivity index (χ2n) is 5.00. The van der Waals surface area contributed by atoms with E-state index in [4.69, 9.17) is 32.7 Å². The Morgan fingerprint density at radius 1 is 1.04 bits per heavy atom. The van der Waals surface area contributed by atoms with Crippen LogP contribution in [0.15, 0.2) is 30.3 Å². The molecule has 126 valence electrons. The van der Waals surface area contributed by atoms with Crippen molar-refractivity contribution in [3.05, 3.63) is 46.2 Å². The van der Waals surface area contributed by atoms with E-state index < -0.39 is 5.82 Å². The number of fused-ring (bicyclic) bond motifs is 1. The minimum Gasteiger partial charge on any atom is -0.486 e. The number of anilines is 2. The molecule has 2 N–H and O–H groups in total. The molecule has 3 rings (SSSR count). The summed E-state index contributed by atoms with van der Waals surface area (Å²) in [5.41, 5.74) is 0.874. The first-order valence-electron chi connectivity index (χ1n) is 7.11. The zero-order valence-electron chi connectivity index (χ0n) is 12.4. The number of hydrogen-bond acceptors (Lipinski definition) is 4. The van der Waals surface area contributed by atoms with Crippen molar-refractivity contribution in [3.8, 4) is 11.5 Å². The van der Waals surface area contributed by atoms with Gasteiger partial charge in [-0.25, -0.2) is 4.39 Å². The van der Waals surface area contributed by atoms with Gasteiger partial charge in [0.25, 0.3) is 0 Å². The van der Waals surface area contributed by atoms with Crippen LogP contribution in [0, 0.1) is 5.82 Å². The minimum atomic E-state index is -0.473. The monoisotopic (exact) mass is 370 g/mol. The predicted molar refractivity (Wildman–Crippen MR) is 91.0 cm³/mol. The van der Waals surface area contributed by atoms with Crippen molar-refractivity contribution >= 4 is 40.5 Å². The van der Waals surface area contributed by atoms with Crippen LogP contribution < -0.4 is 20.1 Å². The Hall–Kier alpha value is -2.18. The van der Waals surface area contributed by atoms with E-state index in [1.807, 2.05) is 0 Å². The highest BCUT2D eigenvalue weighted by Crippen LogP contribution is 2.37. The van der Waals surface area contributed by atoms with Crippen LogP contribution in [-0.4, -0.2) is 25.7 Å². The Morgan fingerprint density at radius 2 is 1.71 bits per heavy atom. The largest absolute Gasteiger partial charge is 0.486 e. The molecule has 2 aromatic rings. The van der Waals surface area contributed by atoms with Crippen molar-refractivity contribution in [3.63, 3.8) is 0 Å². The summed E-state index contributed by atoms with van der Waals surface area (Å²) in [5.74, 6) is 0.308. The highest BCUT2D eigenvalue weighted by Gasteiger charge is 2.15. The maximum absolute atomic E-state index is 13.0. The number of hydrogen-bond donors (Lipinski definition) is 2. The van der Waals surface area contributed by atoms with E-state index >= 15 is 0 Å². The minimum absolute atomic E-state index is 0.0485. The van der Waals surface area contributed by atoms with Crippen LogP contribution in [0.2, 0.25) is 10.0 Å². The average Bonchev–Trinajstić information content (AvgIpc) is 2.55. The second kappa shape index (κ2) is 7.15. The predicted octanol–water partition coefficient (Wildman–Crippen LogP) is 3.95. The number of ether oxygens (including phenoxy) is 2. The molecule has 0 aliphatic carbocycles. The average molecular weight is 371 g/mol. The summed E-state index contributed by atoms with van der Waals surface area (Å²) in [6.07, 6.45) is 0. The maximum Gasteiger partial charge on any atom is 0.243 e. The third-order valence-corrected chi connectivity index (χ3v) is 3.90. The normalized spacial score (nSPS) is 12.6. The molecule has 0 saturated carbocycles. The molecule has 0 spiro atoms. The first kappa shape index (κ1) is 16.7. The molecule has 1 amide bonds. The topological polar surface area (TPSA) is 59.6 Å². The molecule has 2 aromatic carbocycles. The molecule has 0 aromatic heterocycles. The van der Waals surface area contributed by atoms with Crippen molar-refractivity contribution in [1.29, 1.82) is 0 Å². The number of halogens is 3. The van der Waals surface area contributed by atoms with Crippen LogP contribution in [0.4, 0.5) is 15.8 Å². The van der Waals surface area contributed by atoms with Gasteiger partial charge in [0.15, 0.2) is 11.5 Å². The number of rotatable bonds is 4. The lowest BCUT2D eigenvalue weighted by molar-refractivity contribution is -0.114. The molecule has 1 aliphatic heterocycles. The van der Waals surface area contributed by atoms with Crippen molar-refractivity contribution in [2.75, 3.05) is 30.4 Å². The molecule has 0 unspecified atom stereocenters. The zero-order chi connectivity index (χ0) is 17.1. The van der Waals surface area contributed by atoms with Gasteiger partial charge in [0, 0.05) is 12.1 Å². The van der Waals surface area contributed by atoms with Crippen LogP contribution in [0.5, 0.6) is 11.5 Å². The SMILES string of the molecule is O=C(CNc1cc2c(cc1Cl)OCCO2)Nc1ccc(F)cc1Cl. The Labute approximate surface area is 147 Å². The first-order valence-corrected chi connectivity index (χ1v) is 7.86. The summed E-state index contributed by atoms with van der Waals surface area (Å²) in [5, 5.41) is 6.04. The van der Waals surface area contributed by atoms with Crippen LogP contribution in [0.3, 0.4) is 0 Å². The van der Waals surface area contributed by atoms with Crippen molar-refractivity contribution in [2.24, 2.45) is 0 Å². The lowest BCUT2D eigenvalue weighted by atomic mass is 10.2. The smallest absolute Gasteiger partial charge is 0.243 e. The van der Waals surface area contributed by atoms with Gasteiger partial charge in [0.05, 0.1) is 28.0 Å². The Bertz CT molecular complexity index is 786. The van der Waals surface area contributed by atoms with Crippen LogP contribution >= 0.6 is 23.2 Å². The molecule has 24 heavy (non-hydrogen) atoms. The van der Waals surface area contributed by atoms with E-state index in [0.29, 0.717) is 41.1 Å². The summed E-state index contributed by atoms with van der Waals surface area (Å²) in [7, 11) is 0. The molecular weight excluding hydrogens is 358 g/mol. The third-order valence-electron chi connectivity index (χ3n) is 3.28. The van der Waals surface area contributed by atoms with Gasteiger partial charge in [-0.3, -0.25) is 4.79 Å². The number of amides is 1. The lowest BCUT2D eigenvalue weighted by Crippen LogP contribution is -2.22. The number of nitrogens with one attached hydrogen (secondary N) is 2. The quantitative estimate of drug-likeness (QED) is 0.855. The fourth-order valence-electron chi connectivity index (χ4n) is 2.16. The molecule has 1 heterocycles. The fraction of sp³-hybridized carbons (Fsp3) is 0.188. The van der Waals surface area contributed by atoms with Gasteiger partial charge < -0.3 is 20.1 Å². The summed E-state index contributed by atoms with van der Waals surface area (Å²) < 4.78 is 23.9. The lowest BCUT2D eigenvalue weighted by Gasteiger charge is -2.20. The summed E-state index contributed by atoms with van der Waals surface area (Å²) in [6, 6.07) is 7.05. The van der Waals surface area contributed by atoms with E-state index in [-0.39, 0.29) is 17.5 Å². The second-order valence-corrected chi connectivity index (χ2v) is 5.82. The summed E-state index contributed by atoms with van der Waals surface area (Å²) in [6.45, 7) is 0.877. The zero-order valence-corrected chi connectivity index (χ0v) is 13.9. The maximum atomic E-state index is 13.0. The molecule has 0 radical (unpaired) electrons. The van der Waals surface area contributed by atoms with Crippen molar-refractivity contribution in [1.82, 2.24) is 0 Å². The number of carbonyl (C=O) groups excluding carboxylic acids is 1. The summed E-state index contributed by atoms with van der Waals surface area (Å²) >= 11 is 12.0. The van der Waals surface area contributed by atoms with Gasteiger partial charge in [-0.05, 0) is 18.2 Å². The van der Waals surface area contributed by atoms with Gasteiger partial charge in [0.2, 0.25) is 5.91 Å². The molecule has 0 fully saturated rings. The van der Waals surface area contributed by atoms with Gasteiger partial charge >= 0.3 is 0 Å². The van der Waals surface area contributed by atoms with E-state index in [9.17, 15) is 9.18 Å². The van der Waals surface area contributed by atoms with Crippen molar-refractivity contribution < 1.29 is 18.7 Å². The third kappa shape index (κ3) is 3.83. The van der Waals surface area contributed by atoms with E-state index in [2.05, 4.69) is 10.6 Å². The molecule has 0 atom stereocenters. The standard InChI is InChI=1S/C16H13Cl2FN2O3/c17-10-5-9(19)1-2-12(10)21-16(22)8-20-13-7-15-14(6-11(13)18)23-3-4-24-15/h1-2,5-7,20H,3-4,8H2,(H,21,22). The molecular formula is C16H13Cl2FN2O3. The Kier molecular flexibility index (Phi) is 4.97. The Morgan fingerprint density at radius 3 is 2.42 bits per heavy atom. The summed E-state index contributed by atoms with van der Waals surface area (Å²) in [4.78, 5) is 12.0. The van der Waals surface area contributed by atoms with E-state index in [0.717, 1.165) is 6.07 Å². The first-order chi connectivity index (χ1) is 11.5. The van der Waals surface area contributed by atoms with Gasteiger partial charge in [0.1, 0.15) is 19.0 Å². The Balaban J connectivity index is 1.64. The van der Waals surface area contributed by atoms with Crippen LogP contribution in [-0.2, 0) is 4.79 Å². The molecule has 0 saturated heterocycles. The van der Waals surface area contributed by atoms with Crippen LogP contribution in [0.1, 0.15) is 0 Å². The molecule has 0 bridgehead atoms. The van der Waals surface area contributed by atoms with E-state index in [1.165, 1.54) is 12.1 Å². The number of benzene rings is 2. The fourth-order valence-corrected chi connectivity index (χ4v) is 2.60. The van der Waals surface area contributed by atoms with Crippen molar-refractivity contribution in [2.45, 2.75) is 0 Å². The van der Waals surface area contributed by atoms with Gasteiger partial charge in [-0.2, -0.15) is 0 Å². The molecule has 1 aliphatic rings. The van der Waals surface area contributed by atoms with E-state index in [1.54, 1.807) is 12.1 Å². The van der Waals surface area contributed by atoms with Gasteiger partial charge in [-0.1, -0.05) is 23.2 Å². The number of carbonyl (C=O) groups is 1. The van der Waals surface area contributed by atoms with Gasteiger partial charge in [-0.15, -0.1) is 0 Å². The highest BCUT2D eigenvalue weighted by atomic mass is 35.5. The molecule has 5 nitrogen and oxygen atoms in total. The molecule has 8 heteroatoms.